The van der Waals surface area contributed by atoms with Crippen LogP contribution in [0.5, 0.6) is 0 Å². The highest BCUT2D eigenvalue weighted by atomic mass is 35.5. The van der Waals surface area contributed by atoms with Gasteiger partial charge in [-0.1, -0.05) is 23.7 Å². The summed E-state index contributed by atoms with van der Waals surface area (Å²) in [4.78, 5) is 30.3. The Kier molecular flexibility index (Phi) is 6.04. The highest BCUT2D eigenvalue weighted by molar-refractivity contribution is 6.30. The van der Waals surface area contributed by atoms with Gasteiger partial charge in [0.1, 0.15) is 5.82 Å². The quantitative estimate of drug-likeness (QED) is 0.668. The van der Waals surface area contributed by atoms with Gasteiger partial charge in [0.2, 0.25) is 5.95 Å². The Bertz CT molecular complexity index is 1070. The number of nitrogens with zero attached hydrogens (tertiary/aromatic N) is 5. The molecule has 3 aromatic rings. The van der Waals surface area contributed by atoms with Gasteiger partial charge in [-0.15, -0.1) is 0 Å². The van der Waals surface area contributed by atoms with Crippen LogP contribution in [0, 0.1) is 0 Å². The number of pyridine rings is 1. The molecule has 1 aromatic carbocycles. The van der Waals surface area contributed by atoms with E-state index in [0.717, 1.165) is 29.7 Å². The zero-order valence-corrected chi connectivity index (χ0v) is 18.4. The molecule has 2 N–H and O–H groups in total. The van der Waals surface area contributed by atoms with Crippen LogP contribution in [-0.4, -0.2) is 52.9 Å². The first-order chi connectivity index (χ1) is 14.9. The Balaban J connectivity index is 1.66. The van der Waals surface area contributed by atoms with E-state index < -0.39 is 0 Å². The van der Waals surface area contributed by atoms with Crippen LogP contribution in [-0.2, 0) is 0 Å². The summed E-state index contributed by atoms with van der Waals surface area (Å²) in [5.74, 6) is 1.12. The first kappa shape index (κ1) is 21.1. The van der Waals surface area contributed by atoms with Crippen molar-refractivity contribution in [3.05, 3.63) is 65.1 Å². The molecule has 160 valence electrons. The molecule has 1 atom stereocenters. The summed E-state index contributed by atoms with van der Waals surface area (Å²) in [5.41, 5.74) is 9.14. The van der Waals surface area contributed by atoms with E-state index in [1.165, 1.54) is 6.20 Å². The lowest BCUT2D eigenvalue weighted by Gasteiger charge is -2.33. The van der Waals surface area contributed by atoms with Crippen molar-refractivity contribution in [1.29, 1.82) is 0 Å². The zero-order chi connectivity index (χ0) is 22.0. The number of carbonyl (C=O) groups excluding carboxylic acids is 1. The second-order valence-corrected chi connectivity index (χ2v) is 8.37. The summed E-state index contributed by atoms with van der Waals surface area (Å²) in [6.45, 7) is 1.30. The molecule has 1 aliphatic heterocycles. The predicted molar refractivity (Wildman–Crippen MR) is 123 cm³/mol. The fourth-order valence-electron chi connectivity index (χ4n) is 3.86. The van der Waals surface area contributed by atoms with Crippen molar-refractivity contribution >= 4 is 29.3 Å². The predicted octanol–water partition coefficient (Wildman–Crippen LogP) is 3.86. The van der Waals surface area contributed by atoms with Crippen molar-refractivity contribution in [2.45, 2.75) is 18.8 Å². The lowest BCUT2D eigenvalue weighted by molar-refractivity contribution is 0.0705. The summed E-state index contributed by atoms with van der Waals surface area (Å²) < 4.78 is 0. The molecule has 1 fully saturated rings. The second-order valence-electron chi connectivity index (χ2n) is 7.93. The first-order valence-electron chi connectivity index (χ1n) is 10.2. The van der Waals surface area contributed by atoms with Gasteiger partial charge in [-0.3, -0.25) is 4.79 Å². The second kappa shape index (κ2) is 8.89. The average molecular weight is 437 g/mol. The fourth-order valence-corrected chi connectivity index (χ4v) is 3.99. The Morgan fingerprint density at radius 2 is 1.90 bits per heavy atom. The fraction of sp³-hybridized carbons (Fsp3) is 0.304. The number of anilines is 2. The molecule has 4 rings (SSSR count). The van der Waals surface area contributed by atoms with Crippen LogP contribution >= 0.6 is 11.6 Å². The molecule has 31 heavy (non-hydrogen) atoms. The van der Waals surface area contributed by atoms with Gasteiger partial charge in [0.15, 0.2) is 0 Å². The molecule has 1 aliphatic rings. The maximum atomic E-state index is 13.0. The summed E-state index contributed by atoms with van der Waals surface area (Å²) in [6, 6.07) is 11.1. The lowest BCUT2D eigenvalue weighted by atomic mass is 9.89. The van der Waals surface area contributed by atoms with E-state index in [2.05, 4.69) is 9.97 Å². The van der Waals surface area contributed by atoms with E-state index in [4.69, 9.17) is 22.3 Å². The molecular formula is C23H25ClN6O. The molecule has 1 amide bonds. The van der Waals surface area contributed by atoms with E-state index in [9.17, 15) is 4.79 Å². The van der Waals surface area contributed by atoms with E-state index in [0.29, 0.717) is 35.4 Å². The first-order valence-corrected chi connectivity index (χ1v) is 10.6. The van der Waals surface area contributed by atoms with Gasteiger partial charge in [0.05, 0.1) is 11.3 Å². The Labute approximate surface area is 186 Å². The zero-order valence-electron chi connectivity index (χ0n) is 17.6. The van der Waals surface area contributed by atoms with Gasteiger partial charge in [-0.2, -0.15) is 0 Å². The third kappa shape index (κ3) is 4.61. The Morgan fingerprint density at radius 3 is 2.58 bits per heavy atom. The number of carbonyl (C=O) groups is 1. The summed E-state index contributed by atoms with van der Waals surface area (Å²) in [7, 11) is 3.85. The number of hydrogen-bond donors (Lipinski definition) is 1. The van der Waals surface area contributed by atoms with Crippen LogP contribution in [0.25, 0.3) is 11.1 Å². The monoisotopic (exact) mass is 436 g/mol. The van der Waals surface area contributed by atoms with E-state index in [1.807, 2.05) is 54.4 Å². The van der Waals surface area contributed by atoms with E-state index >= 15 is 0 Å². The van der Waals surface area contributed by atoms with Crippen molar-refractivity contribution in [3.63, 3.8) is 0 Å². The molecule has 0 spiro atoms. The maximum Gasteiger partial charge on any atom is 0.255 e. The van der Waals surface area contributed by atoms with Crippen molar-refractivity contribution in [3.8, 4) is 11.1 Å². The third-order valence-electron chi connectivity index (χ3n) is 5.49. The lowest BCUT2D eigenvalue weighted by Crippen LogP contribution is -2.39. The number of rotatable bonds is 4. The molecule has 0 radical (unpaired) electrons. The SMILES string of the molecule is CN(C)c1ncc(-c2ccc(Cl)cc2)c(C2CCCN(C(=O)c3ccc(N)nc3)C2)n1. The Morgan fingerprint density at radius 1 is 1.13 bits per heavy atom. The smallest absolute Gasteiger partial charge is 0.255 e. The van der Waals surface area contributed by atoms with Gasteiger partial charge in [-0.25, -0.2) is 15.0 Å². The van der Waals surface area contributed by atoms with Gasteiger partial charge in [0, 0.05) is 56.1 Å². The molecular weight excluding hydrogens is 412 g/mol. The molecule has 1 saturated heterocycles. The number of halogens is 1. The topological polar surface area (TPSA) is 88.2 Å². The normalized spacial score (nSPS) is 16.2. The minimum absolute atomic E-state index is 0.0351. The molecule has 2 aromatic heterocycles. The van der Waals surface area contributed by atoms with Crippen LogP contribution in [0.1, 0.15) is 34.8 Å². The van der Waals surface area contributed by atoms with Crippen molar-refractivity contribution < 1.29 is 4.79 Å². The average Bonchev–Trinajstić information content (AvgIpc) is 2.79. The summed E-state index contributed by atoms with van der Waals surface area (Å²) in [6.07, 6.45) is 5.26. The molecule has 0 aliphatic carbocycles. The number of aromatic nitrogens is 3. The number of nitrogen functional groups attached to an aromatic ring is 1. The molecule has 3 heterocycles. The molecule has 0 bridgehead atoms. The minimum Gasteiger partial charge on any atom is -0.384 e. The van der Waals surface area contributed by atoms with Gasteiger partial charge >= 0.3 is 0 Å². The third-order valence-corrected chi connectivity index (χ3v) is 5.74. The van der Waals surface area contributed by atoms with Crippen LogP contribution in [0.3, 0.4) is 0 Å². The van der Waals surface area contributed by atoms with Crippen LogP contribution in [0.2, 0.25) is 5.02 Å². The maximum absolute atomic E-state index is 13.0. The number of piperidine rings is 1. The van der Waals surface area contributed by atoms with Gasteiger partial charge < -0.3 is 15.5 Å². The van der Waals surface area contributed by atoms with Gasteiger partial charge in [-0.05, 0) is 42.7 Å². The number of benzene rings is 1. The number of amides is 1. The summed E-state index contributed by atoms with van der Waals surface area (Å²) in [5, 5.41) is 0.683. The number of nitrogens with two attached hydrogens (primary N) is 1. The van der Waals surface area contributed by atoms with Crippen LogP contribution in [0.4, 0.5) is 11.8 Å². The van der Waals surface area contributed by atoms with Crippen LogP contribution in [0.15, 0.2) is 48.8 Å². The molecule has 0 saturated carbocycles. The van der Waals surface area contributed by atoms with E-state index in [-0.39, 0.29) is 11.8 Å². The largest absolute Gasteiger partial charge is 0.384 e. The Hall–Kier alpha value is -3.19. The number of hydrogen-bond acceptors (Lipinski definition) is 6. The van der Waals surface area contributed by atoms with Gasteiger partial charge in [0.25, 0.3) is 5.91 Å². The number of likely N-dealkylation sites (tertiary alicyclic amines) is 1. The highest BCUT2D eigenvalue weighted by Crippen LogP contribution is 2.34. The standard InChI is InChI=1S/C23H25ClN6O/c1-29(2)23-27-13-19(15-5-8-18(24)9-6-15)21(28-23)17-4-3-11-30(14-17)22(31)16-7-10-20(25)26-12-16/h5-10,12-13,17H,3-4,11,14H2,1-2H3,(H2,25,26). The minimum atomic E-state index is -0.0351. The van der Waals surface area contributed by atoms with Crippen LogP contribution < -0.4 is 10.6 Å². The summed E-state index contributed by atoms with van der Waals surface area (Å²) >= 11 is 6.08. The molecule has 8 heteroatoms. The molecule has 1 unspecified atom stereocenters. The van der Waals surface area contributed by atoms with Crippen molar-refractivity contribution in [2.24, 2.45) is 0 Å². The van der Waals surface area contributed by atoms with E-state index in [1.54, 1.807) is 12.1 Å². The highest BCUT2D eigenvalue weighted by Gasteiger charge is 2.29. The van der Waals surface area contributed by atoms with Crippen molar-refractivity contribution in [1.82, 2.24) is 19.9 Å². The van der Waals surface area contributed by atoms with Crippen molar-refractivity contribution in [2.75, 3.05) is 37.8 Å². The molecule has 7 nitrogen and oxygen atoms in total.